The van der Waals surface area contributed by atoms with Gasteiger partial charge in [-0.3, -0.25) is 4.79 Å². The van der Waals surface area contributed by atoms with Crippen LogP contribution in [0.2, 0.25) is 5.02 Å². The van der Waals surface area contributed by atoms with Gasteiger partial charge in [0, 0.05) is 11.8 Å². The molecule has 0 saturated carbocycles. The van der Waals surface area contributed by atoms with Crippen molar-refractivity contribution in [1.29, 1.82) is 0 Å². The monoisotopic (exact) mass is 391 g/mol. The lowest BCUT2D eigenvalue weighted by Gasteiger charge is -2.08. The summed E-state index contributed by atoms with van der Waals surface area (Å²) in [6.07, 6.45) is -2.24. The molecule has 0 atom stereocenters. The third-order valence-corrected chi connectivity index (χ3v) is 3.35. The highest BCUT2D eigenvalue weighted by atomic mass is 35.5. The number of rotatable bonds is 5. The molecule has 26 heavy (non-hydrogen) atoms. The molecular weight excluding hydrogens is 381 g/mol. The zero-order valence-corrected chi connectivity index (χ0v) is 13.6. The maximum absolute atomic E-state index is 12.6. The van der Waals surface area contributed by atoms with E-state index < -0.39 is 24.3 Å². The predicted octanol–water partition coefficient (Wildman–Crippen LogP) is 5.61. The molecule has 0 heterocycles. The summed E-state index contributed by atoms with van der Waals surface area (Å²) in [5, 5.41) is 2.27. The molecule has 2 aromatic carbocycles. The Labute approximate surface area is 150 Å². The van der Waals surface area contributed by atoms with Gasteiger partial charge in [0.1, 0.15) is 5.75 Å². The van der Waals surface area contributed by atoms with Gasteiger partial charge in [-0.1, -0.05) is 23.7 Å². The van der Waals surface area contributed by atoms with E-state index in [2.05, 4.69) is 10.1 Å². The summed E-state index contributed by atoms with van der Waals surface area (Å²) in [6, 6.07) is 8.10. The minimum atomic E-state index is -4.48. The quantitative estimate of drug-likeness (QED) is 0.531. The van der Waals surface area contributed by atoms with E-state index in [-0.39, 0.29) is 22.0 Å². The second-order valence-corrected chi connectivity index (χ2v) is 5.38. The molecule has 138 valence electrons. The highest BCUT2D eigenvalue weighted by molar-refractivity contribution is 6.32. The van der Waals surface area contributed by atoms with Crippen LogP contribution in [0.4, 0.5) is 27.6 Å². The average Bonchev–Trinajstić information content (AvgIpc) is 2.55. The highest BCUT2D eigenvalue weighted by Gasteiger charge is 2.30. The van der Waals surface area contributed by atoms with E-state index in [1.54, 1.807) is 0 Å². The number of amides is 1. The van der Waals surface area contributed by atoms with Gasteiger partial charge in [-0.15, -0.1) is 0 Å². The van der Waals surface area contributed by atoms with Crippen LogP contribution in [0.5, 0.6) is 5.75 Å². The van der Waals surface area contributed by atoms with Gasteiger partial charge in [0.25, 0.3) is 0 Å². The van der Waals surface area contributed by atoms with E-state index >= 15 is 0 Å². The van der Waals surface area contributed by atoms with Gasteiger partial charge in [0.15, 0.2) is 0 Å². The van der Waals surface area contributed by atoms with Crippen LogP contribution in [0.25, 0.3) is 6.08 Å². The van der Waals surface area contributed by atoms with Gasteiger partial charge < -0.3 is 10.1 Å². The van der Waals surface area contributed by atoms with Crippen molar-refractivity contribution in [2.24, 2.45) is 0 Å². The molecule has 9 heteroatoms. The van der Waals surface area contributed by atoms with E-state index in [1.165, 1.54) is 30.3 Å². The first-order valence-electron chi connectivity index (χ1n) is 7.06. The topological polar surface area (TPSA) is 38.3 Å². The molecule has 1 amide bonds. The van der Waals surface area contributed by atoms with Gasteiger partial charge in [0.2, 0.25) is 5.91 Å². The van der Waals surface area contributed by atoms with Crippen molar-refractivity contribution >= 4 is 29.3 Å². The zero-order valence-electron chi connectivity index (χ0n) is 12.9. The predicted molar refractivity (Wildman–Crippen MR) is 87.2 cm³/mol. The van der Waals surface area contributed by atoms with Crippen LogP contribution >= 0.6 is 11.6 Å². The van der Waals surface area contributed by atoms with Crippen molar-refractivity contribution in [3.05, 3.63) is 64.7 Å². The Balaban J connectivity index is 2.05. The van der Waals surface area contributed by atoms with Gasteiger partial charge >= 0.3 is 12.8 Å². The van der Waals surface area contributed by atoms with Crippen molar-refractivity contribution in [3.8, 4) is 5.75 Å². The van der Waals surface area contributed by atoms with Gasteiger partial charge in [-0.05, 0) is 42.0 Å². The molecule has 0 aromatic heterocycles. The van der Waals surface area contributed by atoms with Crippen LogP contribution in [0.1, 0.15) is 11.1 Å². The number of hydrogen-bond donors (Lipinski definition) is 1. The molecule has 0 aliphatic rings. The number of carbonyl (C=O) groups is 1. The van der Waals surface area contributed by atoms with Crippen LogP contribution in [-0.2, 0) is 11.0 Å². The Hall–Kier alpha value is -2.61. The number of ether oxygens (including phenoxy) is 1. The summed E-state index contributed by atoms with van der Waals surface area (Å²) >= 11 is 5.76. The molecule has 1 N–H and O–H groups in total. The number of carbonyl (C=O) groups excluding carboxylic acids is 1. The largest absolute Gasteiger partial charge is 0.433 e. The second kappa shape index (κ2) is 8.18. The normalized spacial score (nSPS) is 11.8. The number of anilines is 1. The molecule has 0 bridgehead atoms. The van der Waals surface area contributed by atoms with Crippen LogP contribution in [-0.4, -0.2) is 12.5 Å². The summed E-state index contributed by atoms with van der Waals surface area (Å²) < 4.78 is 66.3. The van der Waals surface area contributed by atoms with E-state index in [9.17, 15) is 26.7 Å². The Kier molecular flexibility index (Phi) is 6.20. The fourth-order valence-electron chi connectivity index (χ4n) is 1.94. The molecule has 0 aliphatic heterocycles. The summed E-state index contributed by atoms with van der Waals surface area (Å²) in [4.78, 5) is 11.8. The summed E-state index contributed by atoms with van der Waals surface area (Å²) in [5.41, 5.74) is -0.439. The Morgan fingerprint density at radius 3 is 2.50 bits per heavy atom. The molecule has 0 unspecified atom stereocenters. The number of nitrogens with one attached hydrogen (secondary N) is 1. The average molecular weight is 392 g/mol. The Morgan fingerprint density at radius 1 is 1.15 bits per heavy atom. The van der Waals surface area contributed by atoms with Crippen LogP contribution < -0.4 is 10.1 Å². The smallest absolute Gasteiger partial charge is 0.416 e. The SMILES string of the molecule is O=C(/C=C/c1cccc(C(F)(F)F)c1)Nc1ccc(OC(F)F)c(Cl)c1. The van der Waals surface area contributed by atoms with Crippen molar-refractivity contribution < 1.29 is 31.5 Å². The molecule has 0 spiro atoms. The minimum Gasteiger partial charge on any atom is -0.433 e. The van der Waals surface area contributed by atoms with Crippen LogP contribution in [0.3, 0.4) is 0 Å². The third kappa shape index (κ3) is 5.73. The minimum absolute atomic E-state index is 0.134. The van der Waals surface area contributed by atoms with Crippen molar-refractivity contribution in [2.75, 3.05) is 5.32 Å². The standard InChI is InChI=1S/C17H11ClF5NO2/c18-13-9-12(5-6-14(13)26-16(19)20)24-15(25)7-4-10-2-1-3-11(8-10)17(21,22)23/h1-9,16H,(H,24,25)/b7-4+. The highest BCUT2D eigenvalue weighted by Crippen LogP contribution is 2.30. The zero-order chi connectivity index (χ0) is 19.3. The lowest BCUT2D eigenvalue weighted by Crippen LogP contribution is -2.08. The molecular formula is C17H11ClF5NO2. The first kappa shape index (κ1) is 19.7. The Bertz CT molecular complexity index is 821. The lowest BCUT2D eigenvalue weighted by molar-refractivity contribution is -0.137. The fourth-order valence-corrected chi connectivity index (χ4v) is 2.17. The van der Waals surface area contributed by atoms with E-state index in [0.717, 1.165) is 24.3 Å². The van der Waals surface area contributed by atoms with E-state index in [0.29, 0.717) is 0 Å². The Morgan fingerprint density at radius 2 is 1.88 bits per heavy atom. The van der Waals surface area contributed by atoms with Gasteiger partial charge in [-0.2, -0.15) is 22.0 Å². The molecule has 0 saturated heterocycles. The van der Waals surface area contributed by atoms with E-state index in [4.69, 9.17) is 11.6 Å². The molecule has 2 rings (SSSR count). The van der Waals surface area contributed by atoms with Crippen molar-refractivity contribution in [1.82, 2.24) is 0 Å². The molecule has 2 aromatic rings. The van der Waals surface area contributed by atoms with E-state index in [1.807, 2.05) is 0 Å². The molecule has 3 nitrogen and oxygen atoms in total. The first-order valence-corrected chi connectivity index (χ1v) is 7.43. The van der Waals surface area contributed by atoms with Gasteiger partial charge in [0.05, 0.1) is 10.6 Å². The number of hydrogen-bond acceptors (Lipinski definition) is 2. The van der Waals surface area contributed by atoms with Crippen molar-refractivity contribution in [2.45, 2.75) is 12.8 Å². The second-order valence-electron chi connectivity index (χ2n) is 4.97. The fraction of sp³-hybridized carbons (Fsp3) is 0.118. The lowest BCUT2D eigenvalue weighted by atomic mass is 10.1. The van der Waals surface area contributed by atoms with Crippen molar-refractivity contribution in [3.63, 3.8) is 0 Å². The summed E-state index contributed by atoms with van der Waals surface area (Å²) in [6.45, 7) is -3.04. The number of benzene rings is 2. The maximum atomic E-state index is 12.6. The summed E-state index contributed by atoms with van der Waals surface area (Å²) in [5.74, 6) is -0.889. The maximum Gasteiger partial charge on any atom is 0.416 e. The first-order chi connectivity index (χ1) is 12.1. The van der Waals surface area contributed by atoms with Crippen LogP contribution in [0, 0.1) is 0 Å². The molecule has 0 fully saturated rings. The third-order valence-electron chi connectivity index (χ3n) is 3.06. The number of halogens is 6. The number of alkyl halides is 5. The van der Waals surface area contributed by atoms with Crippen LogP contribution in [0.15, 0.2) is 48.5 Å². The molecule has 0 aliphatic carbocycles. The summed E-state index contributed by atoms with van der Waals surface area (Å²) in [7, 11) is 0. The molecule has 0 radical (unpaired) electrons. The van der Waals surface area contributed by atoms with Gasteiger partial charge in [-0.25, -0.2) is 0 Å².